The fourth-order valence-corrected chi connectivity index (χ4v) is 4.80. The molecule has 152 valence electrons. The third kappa shape index (κ3) is 5.92. The van der Waals surface area contributed by atoms with Crippen LogP contribution in [0.15, 0.2) is 24.3 Å². The van der Waals surface area contributed by atoms with Gasteiger partial charge in [0.25, 0.3) is 0 Å². The molecule has 0 bridgehead atoms. The van der Waals surface area contributed by atoms with Crippen LogP contribution in [0.5, 0.6) is 0 Å². The number of hydrogen-bond donors (Lipinski definition) is 0. The topological polar surface area (TPSA) is 43.9 Å². The molecule has 28 heavy (non-hydrogen) atoms. The lowest BCUT2D eigenvalue weighted by Gasteiger charge is -2.34. The van der Waals surface area contributed by atoms with Crippen LogP contribution < -0.4 is 0 Å². The Bertz CT molecular complexity index is 705. The van der Waals surface area contributed by atoms with Crippen LogP contribution in [0, 0.1) is 5.92 Å². The number of halogens is 1. The number of benzene rings is 1. The van der Waals surface area contributed by atoms with E-state index < -0.39 is 0 Å². The summed E-state index contributed by atoms with van der Waals surface area (Å²) in [6.45, 7) is 3.99. The fourth-order valence-electron chi connectivity index (χ4n) is 3.61. The van der Waals surface area contributed by atoms with E-state index in [2.05, 4.69) is 17.0 Å². The van der Waals surface area contributed by atoms with Crippen LogP contribution in [-0.2, 0) is 16.0 Å². The summed E-state index contributed by atoms with van der Waals surface area (Å²) in [6.07, 6.45) is 3.21. The van der Waals surface area contributed by atoms with Gasteiger partial charge in [-0.25, -0.2) is 0 Å². The van der Waals surface area contributed by atoms with Crippen LogP contribution in [-0.4, -0.2) is 76.4 Å². The molecule has 0 atom stereocenters. The van der Waals surface area contributed by atoms with E-state index in [-0.39, 0.29) is 18.4 Å². The van der Waals surface area contributed by atoms with Gasteiger partial charge >= 0.3 is 0 Å². The zero-order chi connectivity index (χ0) is 20.1. The largest absolute Gasteiger partial charge is 0.344 e. The summed E-state index contributed by atoms with van der Waals surface area (Å²) in [4.78, 5) is 29.9. The predicted molar refractivity (Wildman–Crippen MR) is 119 cm³/mol. The van der Waals surface area contributed by atoms with E-state index in [0.717, 1.165) is 50.5 Å². The lowest BCUT2D eigenvalue weighted by Crippen LogP contribution is -2.44. The normalized spacial score (nSPS) is 18.7. The summed E-state index contributed by atoms with van der Waals surface area (Å²) in [7, 11) is 1.83. The van der Waals surface area contributed by atoms with Crippen molar-refractivity contribution in [3.05, 3.63) is 34.9 Å². The molecule has 8 heteroatoms. The molecule has 5 nitrogen and oxygen atoms in total. The summed E-state index contributed by atoms with van der Waals surface area (Å²) < 4.78 is 0.515. The second-order valence-electron chi connectivity index (χ2n) is 7.47. The monoisotopic (exact) mass is 439 g/mol. The average molecular weight is 440 g/mol. The number of piperidine rings is 1. The molecule has 0 unspecified atom stereocenters. The molecule has 0 aromatic heterocycles. The van der Waals surface area contributed by atoms with E-state index in [0.29, 0.717) is 16.0 Å². The highest BCUT2D eigenvalue weighted by molar-refractivity contribution is 8.23. The summed E-state index contributed by atoms with van der Waals surface area (Å²) in [5.74, 6) is 0.759. The van der Waals surface area contributed by atoms with Gasteiger partial charge in [-0.3, -0.25) is 14.5 Å². The van der Waals surface area contributed by atoms with E-state index in [1.807, 2.05) is 19.2 Å². The Labute approximate surface area is 181 Å². The van der Waals surface area contributed by atoms with E-state index in [1.165, 1.54) is 22.2 Å². The van der Waals surface area contributed by atoms with Crippen molar-refractivity contribution >= 4 is 51.7 Å². The van der Waals surface area contributed by atoms with Gasteiger partial charge in [-0.05, 0) is 56.0 Å². The van der Waals surface area contributed by atoms with Gasteiger partial charge in [-0.1, -0.05) is 47.7 Å². The number of likely N-dealkylation sites (tertiary alicyclic amines) is 1. The van der Waals surface area contributed by atoms with E-state index in [1.54, 1.807) is 4.90 Å². The highest BCUT2D eigenvalue weighted by Gasteiger charge is 2.30. The third-order valence-electron chi connectivity index (χ3n) is 5.43. The van der Waals surface area contributed by atoms with Gasteiger partial charge in [0, 0.05) is 25.2 Å². The van der Waals surface area contributed by atoms with Gasteiger partial charge in [0.05, 0.1) is 5.75 Å². The first kappa shape index (κ1) is 21.6. The second-order valence-corrected chi connectivity index (χ2v) is 9.52. The van der Waals surface area contributed by atoms with E-state index in [4.69, 9.17) is 23.8 Å². The van der Waals surface area contributed by atoms with Crippen molar-refractivity contribution in [2.75, 3.05) is 45.5 Å². The number of thioether (sulfide) groups is 1. The van der Waals surface area contributed by atoms with Gasteiger partial charge in [-0.15, -0.1) is 0 Å². The molecule has 2 fully saturated rings. The quantitative estimate of drug-likeness (QED) is 0.611. The highest BCUT2D eigenvalue weighted by atomic mass is 35.5. The molecule has 0 aliphatic carbocycles. The standard InChI is InChI=1S/C20H26ClN3O2S2/c1-22(18(25)13-24-19(26)14-28-20(24)27)12-16-7-10-23(11-8-16)9-6-15-2-4-17(21)5-3-15/h2-5,16H,6-14H2,1H3. The lowest BCUT2D eigenvalue weighted by molar-refractivity contribution is -0.135. The van der Waals surface area contributed by atoms with Crippen molar-refractivity contribution in [1.29, 1.82) is 0 Å². The second kappa shape index (κ2) is 10.1. The first-order chi connectivity index (χ1) is 13.4. The van der Waals surface area contributed by atoms with Crippen molar-refractivity contribution in [3.63, 3.8) is 0 Å². The summed E-state index contributed by atoms with van der Waals surface area (Å²) in [5, 5.41) is 0.776. The maximum Gasteiger partial charge on any atom is 0.242 e. The fraction of sp³-hybridized carbons (Fsp3) is 0.550. The molecule has 0 spiro atoms. The van der Waals surface area contributed by atoms with Gasteiger partial charge < -0.3 is 9.80 Å². The van der Waals surface area contributed by atoms with E-state index >= 15 is 0 Å². The number of carbonyl (C=O) groups excluding carboxylic acids is 2. The first-order valence-corrected chi connectivity index (χ1v) is 11.4. The number of hydrogen-bond acceptors (Lipinski definition) is 5. The van der Waals surface area contributed by atoms with Crippen LogP contribution in [0.1, 0.15) is 18.4 Å². The summed E-state index contributed by atoms with van der Waals surface area (Å²) in [5.41, 5.74) is 1.31. The minimum Gasteiger partial charge on any atom is -0.344 e. The van der Waals surface area contributed by atoms with Crippen molar-refractivity contribution in [3.8, 4) is 0 Å². The van der Waals surface area contributed by atoms with Crippen molar-refractivity contribution in [2.45, 2.75) is 19.3 Å². The molecule has 0 radical (unpaired) electrons. The SMILES string of the molecule is CN(CC1CCN(CCc2ccc(Cl)cc2)CC1)C(=O)CN1C(=O)CSC1=S. The number of amides is 2. The van der Waals surface area contributed by atoms with Crippen molar-refractivity contribution < 1.29 is 9.59 Å². The summed E-state index contributed by atoms with van der Waals surface area (Å²) in [6, 6.07) is 8.06. The minimum atomic E-state index is -0.0641. The zero-order valence-electron chi connectivity index (χ0n) is 16.1. The minimum absolute atomic E-state index is 0.0385. The Morgan fingerprint density at radius 2 is 1.96 bits per heavy atom. The van der Waals surface area contributed by atoms with Crippen LogP contribution in [0.2, 0.25) is 5.02 Å². The maximum absolute atomic E-state index is 12.5. The Morgan fingerprint density at radius 3 is 2.57 bits per heavy atom. The highest BCUT2D eigenvalue weighted by Crippen LogP contribution is 2.21. The Morgan fingerprint density at radius 1 is 1.29 bits per heavy atom. The Balaban J connectivity index is 1.37. The molecule has 2 amide bonds. The predicted octanol–water partition coefficient (Wildman–Crippen LogP) is 2.91. The van der Waals surface area contributed by atoms with Gasteiger partial charge in [0.1, 0.15) is 10.9 Å². The molecule has 0 saturated carbocycles. The third-order valence-corrected chi connectivity index (χ3v) is 7.11. The summed E-state index contributed by atoms with van der Waals surface area (Å²) >= 11 is 12.4. The number of carbonyl (C=O) groups is 2. The first-order valence-electron chi connectivity index (χ1n) is 9.60. The molecule has 2 aliphatic heterocycles. The number of likely N-dealkylation sites (N-methyl/N-ethyl adjacent to an activating group) is 1. The number of rotatable bonds is 7. The van der Waals surface area contributed by atoms with Crippen LogP contribution in [0.4, 0.5) is 0 Å². The van der Waals surface area contributed by atoms with Crippen LogP contribution >= 0.6 is 35.6 Å². The maximum atomic E-state index is 12.5. The van der Waals surface area contributed by atoms with Crippen molar-refractivity contribution in [1.82, 2.24) is 14.7 Å². The molecule has 3 rings (SSSR count). The molecule has 2 saturated heterocycles. The average Bonchev–Trinajstić information content (AvgIpc) is 3.00. The van der Waals surface area contributed by atoms with Gasteiger partial charge in [0.2, 0.25) is 11.8 Å². The smallest absolute Gasteiger partial charge is 0.242 e. The molecule has 1 aromatic carbocycles. The molecule has 0 N–H and O–H groups in total. The number of thiocarbonyl (C=S) groups is 1. The lowest BCUT2D eigenvalue weighted by atomic mass is 9.96. The molecule has 2 aliphatic rings. The van der Waals surface area contributed by atoms with E-state index in [9.17, 15) is 9.59 Å². The van der Waals surface area contributed by atoms with Crippen LogP contribution in [0.3, 0.4) is 0 Å². The Hall–Kier alpha value is -1.15. The Kier molecular flexibility index (Phi) is 7.74. The van der Waals surface area contributed by atoms with Gasteiger partial charge in [0.15, 0.2) is 0 Å². The zero-order valence-corrected chi connectivity index (χ0v) is 18.5. The number of nitrogens with zero attached hydrogens (tertiary/aromatic N) is 3. The van der Waals surface area contributed by atoms with Crippen LogP contribution in [0.25, 0.3) is 0 Å². The molecule has 2 heterocycles. The van der Waals surface area contributed by atoms with Crippen molar-refractivity contribution in [2.24, 2.45) is 5.92 Å². The molecular weight excluding hydrogens is 414 g/mol. The molecule has 1 aromatic rings. The molecular formula is C20H26ClN3O2S2. The van der Waals surface area contributed by atoms with Gasteiger partial charge in [-0.2, -0.15) is 0 Å².